The predicted molar refractivity (Wildman–Crippen MR) is 65.8 cm³/mol. The quantitative estimate of drug-likeness (QED) is 0.484. The molecule has 0 saturated heterocycles. The Morgan fingerprint density at radius 3 is 3.06 bits per heavy atom. The Balaban J connectivity index is 2.26. The monoisotopic (exact) mass is 248 g/mol. The van der Waals surface area contributed by atoms with Crippen molar-refractivity contribution >= 4 is 5.91 Å². The van der Waals surface area contributed by atoms with Gasteiger partial charge in [0, 0.05) is 18.3 Å². The van der Waals surface area contributed by atoms with E-state index in [4.69, 9.17) is 10.3 Å². The SMILES string of the molecule is CC(C)c1nccn1Cc1occc1C(=O)NN. The van der Waals surface area contributed by atoms with E-state index in [-0.39, 0.29) is 5.91 Å². The van der Waals surface area contributed by atoms with E-state index in [0.29, 0.717) is 23.8 Å². The topological polar surface area (TPSA) is 86.1 Å². The van der Waals surface area contributed by atoms with E-state index in [0.717, 1.165) is 5.82 Å². The molecule has 3 N–H and O–H groups in total. The van der Waals surface area contributed by atoms with Crippen LogP contribution in [0, 0.1) is 0 Å². The maximum Gasteiger partial charge on any atom is 0.268 e. The molecular formula is C12H16N4O2. The third-order valence-corrected chi connectivity index (χ3v) is 2.70. The van der Waals surface area contributed by atoms with Gasteiger partial charge in [-0.05, 0) is 6.07 Å². The summed E-state index contributed by atoms with van der Waals surface area (Å²) in [6, 6.07) is 1.60. The van der Waals surface area contributed by atoms with E-state index in [9.17, 15) is 4.79 Å². The zero-order valence-electron chi connectivity index (χ0n) is 10.4. The van der Waals surface area contributed by atoms with Crippen LogP contribution in [0.25, 0.3) is 0 Å². The summed E-state index contributed by atoms with van der Waals surface area (Å²) in [7, 11) is 0. The first kappa shape index (κ1) is 12.4. The Labute approximate surface area is 105 Å². The number of furan rings is 1. The maximum atomic E-state index is 11.5. The highest BCUT2D eigenvalue weighted by Crippen LogP contribution is 2.17. The van der Waals surface area contributed by atoms with E-state index in [2.05, 4.69) is 24.3 Å². The standard InChI is InChI=1S/C12H16N4O2/c1-8(2)11-14-4-5-16(11)7-10-9(3-6-18-10)12(17)15-13/h3-6,8H,7,13H2,1-2H3,(H,15,17). The van der Waals surface area contributed by atoms with E-state index in [1.807, 2.05) is 10.8 Å². The largest absolute Gasteiger partial charge is 0.467 e. The van der Waals surface area contributed by atoms with Crippen LogP contribution in [0.1, 0.15) is 41.7 Å². The number of aromatic nitrogens is 2. The molecule has 0 fully saturated rings. The predicted octanol–water partition coefficient (Wildman–Crippen LogP) is 1.25. The third-order valence-electron chi connectivity index (χ3n) is 2.70. The van der Waals surface area contributed by atoms with Gasteiger partial charge in [-0.1, -0.05) is 13.8 Å². The van der Waals surface area contributed by atoms with Gasteiger partial charge >= 0.3 is 0 Å². The van der Waals surface area contributed by atoms with Crippen molar-refractivity contribution in [3.05, 3.63) is 41.9 Å². The average molecular weight is 248 g/mol. The van der Waals surface area contributed by atoms with E-state index in [1.165, 1.54) is 6.26 Å². The van der Waals surface area contributed by atoms with Crippen molar-refractivity contribution < 1.29 is 9.21 Å². The first-order chi connectivity index (χ1) is 8.63. The lowest BCUT2D eigenvalue weighted by Gasteiger charge is -2.09. The minimum atomic E-state index is -0.357. The van der Waals surface area contributed by atoms with Crippen molar-refractivity contribution in [2.75, 3.05) is 0 Å². The van der Waals surface area contributed by atoms with Crippen molar-refractivity contribution in [2.45, 2.75) is 26.3 Å². The normalized spacial score (nSPS) is 10.9. The molecule has 1 amide bonds. The number of amides is 1. The molecule has 18 heavy (non-hydrogen) atoms. The molecule has 6 nitrogen and oxygen atoms in total. The second-order valence-corrected chi connectivity index (χ2v) is 4.30. The number of carbonyl (C=O) groups excluding carboxylic acids is 1. The van der Waals surface area contributed by atoms with Crippen LogP contribution in [0.2, 0.25) is 0 Å². The Morgan fingerprint density at radius 1 is 1.61 bits per heavy atom. The highest BCUT2D eigenvalue weighted by Gasteiger charge is 2.16. The Morgan fingerprint density at radius 2 is 2.39 bits per heavy atom. The third kappa shape index (κ3) is 2.28. The lowest BCUT2D eigenvalue weighted by molar-refractivity contribution is 0.0951. The lowest BCUT2D eigenvalue weighted by atomic mass is 10.2. The van der Waals surface area contributed by atoms with Gasteiger partial charge in [0.1, 0.15) is 11.6 Å². The zero-order chi connectivity index (χ0) is 13.1. The highest BCUT2D eigenvalue weighted by atomic mass is 16.3. The molecule has 0 spiro atoms. The van der Waals surface area contributed by atoms with Crippen LogP contribution in [-0.4, -0.2) is 15.5 Å². The van der Waals surface area contributed by atoms with E-state index in [1.54, 1.807) is 12.3 Å². The molecule has 0 saturated carbocycles. The van der Waals surface area contributed by atoms with Gasteiger partial charge in [-0.2, -0.15) is 0 Å². The average Bonchev–Trinajstić information content (AvgIpc) is 2.97. The first-order valence-electron chi connectivity index (χ1n) is 5.71. The minimum absolute atomic E-state index is 0.307. The van der Waals surface area contributed by atoms with Gasteiger partial charge in [-0.3, -0.25) is 10.2 Å². The molecule has 2 aromatic heterocycles. The Hall–Kier alpha value is -2.08. The van der Waals surface area contributed by atoms with Crippen molar-refractivity contribution in [2.24, 2.45) is 5.84 Å². The number of carbonyl (C=O) groups is 1. The molecule has 6 heteroatoms. The van der Waals surface area contributed by atoms with Gasteiger partial charge in [-0.25, -0.2) is 10.8 Å². The Kier molecular flexibility index (Phi) is 3.47. The van der Waals surface area contributed by atoms with Crippen molar-refractivity contribution in [3.63, 3.8) is 0 Å². The lowest BCUT2D eigenvalue weighted by Crippen LogP contribution is -2.30. The summed E-state index contributed by atoms with van der Waals surface area (Å²) in [5.41, 5.74) is 2.55. The zero-order valence-corrected chi connectivity index (χ0v) is 10.4. The fourth-order valence-corrected chi connectivity index (χ4v) is 1.85. The van der Waals surface area contributed by atoms with Crippen LogP contribution in [0.3, 0.4) is 0 Å². The molecular weight excluding hydrogens is 232 g/mol. The number of hydrazine groups is 1. The molecule has 0 bridgehead atoms. The maximum absolute atomic E-state index is 11.5. The molecule has 0 aliphatic carbocycles. The second kappa shape index (κ2) is 5.05. The van der Waals surface area contributed by atoms with Crippen LogP contribution >= 0.6 is 0 Å². The fourth-order valence-electron chi connectivity index (χ4n) is 1.85. The summed E-state index contributed by atoms with van der Waals surface area (Å²) >= 11 is 0. The number of imidazole rings is 1. The molecule has 2 heterocycles. The molecule has 0 unspecified atom stereocenters. The second-order valence-electron chi connectivity index (χ2n) is 4.30. The van der Waals surface area contributed by atoms with Gasteiger partial charge < -0.3 is 8.98 Å². The molecule has 0 radical (unpaired) electrons. The number of hydrogen-bond acceptors (Lipinski definition) is 4. The summed E-state index contributed by atoms with van der Waals surface area (Å²) in [5.74, 6) is 6.59. The fraction of sp³-hybridized carbons (Fsp3) is 0.333. The van der Waals surface area contributed by atoms with Crippen molar-refractivity contribution in [1.29, 1.82) is 0 Å². The molecule has 0 aliphatic heterocycles. The molecule has 2 rings (SSSR count). The molecule has 0 aliphatic rings. The van der Waals surface area contributed by atoms with Crippen molar-refractivity contribution in [3.8, 4) is 0 Å². The number of nitrogen functional groups attached to an aromatic ring is 1. The number of nitrogens with one attached hydrogen (secondary N) is 1. The summed E-state index contributed by atoms with van der Waals surface area (Å²) in [6.45, 7) is 4.59. The number of hydrogen-bond donors (Lipinski definition) is 2. The van der Waals surface area contributed by atoms with Crippen molar-refractivity contribution in [1.82, 2.24) is 15.0 Å². The first-order valence-corrected chi connectivity index (χ1v) is 5.71. The van der Waals surface area contributed by atoms with Crippen LogP contribution in [-0.2, 0) is 6.54 Å². The number of rotatable bonds is 4. The molecule has 0 atom stereocenters. The smallest absolute Gasteiger partial charge is 0.268 e. The minimum Gasteiger partial charge on any atom is -0.467 e. The van der Waals surface area contributed by atoms with E-state index >= 15 is 0 Å². The molecule has 2 aromatic rings. The van der Waals surface area contributed by atoms with Crippen LogP contribution in [0.15, 0.2) is 29.1 Å². The molecule has 96 valence electrons. The summed E-state index contributed by atoms with van der Waals surface area (Å²) in [6.07, 6.45) is 5.08. The highest BCUT2D eigenvalue weighted by molar-refractivity contribution is 5.94. The van der Waals surface area contributed by atoms with Crippen LogP contribution < -0.4 is 11.3 Å². The molecule has 0 aromatic carbocycles. The summed E-state index contributed by atoms with van der Waals surface area (Å²) in [4.78, 5) is 15.8. The van der Waals surface area contributed by atoms with Gasteiger partial charge in [-0.15, -0.1) is 0 Å². The van der Waals surface area contributed by atoms with Crippen LogP contribution in [0.4, 0.5) is 0 Å². The van der Waals surface area contributed by atoms with Gasteiger partial charge in [0.15, 0.2) is 0 Å². The Bertz CT molecular complexity index is 542. The number of nitrogens with two attached hydrogens (primary N) is 1. The van der Waals surface area contributed by atoms with E-state index < -0.39 is 0 Å². The van der Waals surface area contributed by atoms with Crippen LogP contribution in [0.5, 0.6) is 0 Å². The number of nitrogens with zero attached hydrogens (tertiary/aromatic N) is 2. The van der Waals surface area contributed by atoms with Gasteiger partial charge in [0.25, 0.3) is 5.91 Å². The van der Waals surface area contributed by atoms with Gasteiger partial charge in [0.05, 0.1) is 18.4 Å². The summed E-state index contributed by atoms with van der Waals surface area (Å²) < 4.78 is 7.29. The summed E-state index contributed by atoms with van der Waals surface area (Å²) in [5, 5.41) is 0. The van der Waals surface area contributed by atoms with Gasteiger partial charge in [0.2, 0.25) is 0 Å².